The Morgan fingerprint density at radius 1 is 1.50 bits per heavy atom. The molecule has 0 unspecified atom stereocenters. The molecule has 0 bridgehead atoms. The molecule has 0 saturated heterocycles. The summed E-state index contributed by atoms with van der Waals surface area (Å²) < 4.78 is 0. The fourth-order valence-corrected chi connectivity index (χ4v) is 1.87. The van der Waals surface area contributed by atoms with Crippen molar-refractivity contribution in [2.24, 2.45) is 0 Å². The zero-order valence-corrected chi connectivity index (χ0v) is 10.7. The maximum absolute atomic E-state index is 11.8. The molecule has 96 valence electrons. The summed E-state index contributed by atoms with van der Waals surface area (Å²) in [5.74, 6) is 0.147. The van der Waals surface area contributed by atoms with Crippen molar-refractivity contribution in [1.82, 2.24) is 20.2 Å². The van der Waals surface area contributed by atoms with E-state index in [4.69, 9.17) is 0 Å². The molecule has 0 radical (unpaired) electrons. The van der Waals surface area contributed by atoms with Crippen LogP contribution in [0.3, 0.4) is 0 Å². The summed E-state index contributed by atoms with van der Waals surface area (Å²) in [6.45, 7) is 1.33. The molecule has 1 amide bonds. The SMILES string of the molecule is CNCCC(=O)N(C)Cc1ccc2nc[nH]c2c1. The molecule has 0 spiro atoms. The Balaban J connectivity index is 2.01. The molecule has 2 N–H and O–H groups in total. The molecular formula is C13H18N4O. The molecule has 18 heavy (non-hydrogen) atoms. The lowest BCUT2D eigenvalue weighted by Gasteiger charge is -2.17. The molecule has 0 fully saturated rings. The zero-order chi connectivity index (χ0) is 13.0. The lowest BCUT2D eigenvalue weighted by molar-refractivity contribution is -0.130. The largest absolute Gasteiger partial charge is 0.345 e. The van der Waals surface area contributed by atoms with Gasteiger partial charge in [-0.2, -0.15) is 0 Å². The lowest BCUT2D eigenvalue weighted by atomic mass is 10.2. The lowest BCUT2D eigenvalue weighted by Crippen LogP contribution is -2.28. The number of carbonyl (C=O) groups excluding carboxylic acids is 1. The fraction of sp³-hybridized carbons (Fsp3) is 0.385. The van der Waals surface area contributed by atoms with Crippen LogP contribution < -0.4 is 5.32 Å². The van der Waals surface area contributed by atoms with E-state index >= 15 is 0 Å². The number of nitrogens with zero attached hydrogens (tertiary/aromatic N) is 2. The van der Waals surface area contributed by atoms with E-state index in [2.05, 4.69) is 15.3 Å². The van der Waals surface area contributed by atoms with Crippen molar-refractivity contribution in [2.75, 3.05) is 20.6 Å². The minimum absolute atomic E-state index is 0.147. The third-order valence-electron chi connectivity index (χ3n) is 2.92. The second kappa shape index (κ2) is 5.64. The van der Waals surface area contributed by atoms with Gasteiger partial charge in [-0.3, -0.25) is 4.79 Å². The molecule has 1 aromatic heterocycles. The first-order valence-electron chi connectivity index (χ1n) is 6.01. The van der Waals surface area contributed by atoms with Crippen molar-refractivity contribution in [3.8, 4) is 0 Å². The summed E-state index contributed by atoms with van der Waals surface area (Å²) in [5.41, 5.74) is 3.05. The van der Waals surface area contributed by atoms with E-state index in [1.165, 1.54) is 0 Å². The van der Waals surface area contributed by atoms with Gasteiger partial charge in [-0.15, -0.1) is 0 Å². The summed E-state index contributed by atoms with van der Waals surface area (Å²) in [6, 6.07) is 6.00. The average Bonchev–Trinajstić information content (AvgIpc) is 2.83. The van der Waals surface area contributed by atoms with Gasteiger partial charge in [-0.1, -0.05) is 6.07 Å². The van der Waals surface area contributed by atoms with Gasteiger partial charge in [0.25, 0.3) is 0 Å². The van der Waals surface area contributed by atoms with Gasteiger partial charge in [0.2, 0.25) is 5.91 Å². The maximum atomic E-state index is 11.8. The predicted octanol–water partition coefficient (Wildman–Crippen LogP) is 1.13. The standard InChI is InChI=1S/C13H18N4O/c1-14-6-5-13(18)17(2)8-10-3-4-11-12(7-10)16-9-15-11/h3-4,7,9,14H,5-6,8H2,1-2H3,(H,15,16). The molecule has 0 aliphatic heterocycles. The zero-order valence-electron chi connectivity index (χ0n) is 10.7. The number of H-pyrrole nitrogens is 1. The normalized spacial score (nSPS) is 10.8. The van der Waals surface area contributed by atoms with Gasteiger partial charge in [-0.25, -0.2) is 4.98 Å². The summed E-state index contributed by atoms with van der Waals surface area (Å²) in [4.78, 5) is 20.8. The van der Waals surface area contributed by atoms with Gasteiger partial charge in [0.1, 0.15) is 0 Å². The number of nitrogens with one attached hydrogen (secondary N) is 2. The molecule has 5 nitrogen and oxygen atoms in total. The third kappa shape index (κ3) is 2.87. The Kier molecular flexibility index (Phi) is 3.94. The average molecular weight is 246 g/mol. The number of amides is 1. The van der Waals surface area contributed by atoms with Crippen LogP contribution in [0.1, 0.15) is 12.0 Å². The summed E-state index contributed by atoms with van der Waals surface area (Å²) in [5, 5.41) is 2.98. The number of aromatic amines is 1. The Labute approximate surface area is 106 Å². The number of imidazole rings is 1. The van der Waals surface area contributed by atoms with Crippen molar-refractivity contribution in [2.45, 2.75) is 13.0 Å². The van der Waals surface area contributed by atoms with Crippen LogP contribution >= 0.6 is 0 Å². The van der Waals surface area contributed by atoms with Gasteiger partial charge >= 0.3 is 0 Å². The number of hydrogen-bond acceptors (Lipinski definition) is 3. The van der Waals surface area contributed by atoms with Crippen molar-refractivity contribution in [3.63, 3.8) is 0 Å². The Bertz CT molecular complexity index is 535. The van der Waals surface area contributed by atoms with E-state index in [1.54, 1.807) is 11.2 Å². The number of fused-ring (bicyclic) bond motifs is 1. The van der Waals surface area contributed by atoms with Crippen molar-refractivity contribution in [3.05, 3.63) is 30.1 Å². The highest BCUT2D eigenvalue weighted by molar-refractivity contribution is 5.77. The van der Waals surface area contributed by atoms with Crippen LogP contribution in [0.5, 0.6) is 0 Å². The van der Waals surface area contributed by atoms with Gasteiger partial charge in [-0.05, 0) is 24.7 Å². The van der Waals surface area contributed by atoms with Gasteiger partial charge in [0, 0.05) is 26.6 Å². The van der Waals surface area contributed by atoms with E-state index in [-0.39, 0.29) is 5.91 Å². The molecule has 0 aliphatic rings. The molecule has 2 aromatic rings. The van der Waals surface area contributed by atoms with Crippen LogP contribution in [0.15, 0.2) is 24.5 Å². The molecule has 0 saturated carbocycles. The van der Waals surface area contributed by atoms with Crippen LogP contribution in [0.4, 0.5) is 0 Å². The first-order chi connectivity index (χ1) is 8.70. The van der Waals surface area contributed by atoms with Crippen molar-refractivity contribution in [1.29, 1.82) is 0 Å². The van der Waals surface area contributed by atoms with Gasteiger partial charge in [0.15, 0.2) is 0 Å². The Morgan fingerprint density at radius 3 is 3.11 bits per heavy atom. The minimum Gasteiger partial charge on any atom is -0.345 e. The summed E-state index contributed by atoms with van der Waals surface area (Å²) in [6.07, 6.45) is 2.20. The first-order valence-corrected chi connectivity index (χ1v) is 6.01. The molecular weight excluding hydrogens is 228 g/mol. The Hall–Kier alpha value is -1.88. The highest BCUT2D eigenvalue weighted by Crippen LogP contribution is 2.13. The second-order valence-electron chi connectivity index (χ2n) is 4.36. The van der Waals surface area contributed by atoms with E-state index in [1.807, 2.05) is 32.3 Å². The summed E-state index contributed by atoms with van der Waals surface area (Å²) in [7, 11) is 3.68. The molecule has 0 aliphatic carbocycles. The minimum atomic E-state index is 0.147. The van der Waals surface area contributed by atoms with E-state index in [0.29, 0.717) is 19.5 Å². The number of benzene rings is 1. The fourth-order valence-electron chi connectivity index (χ4n) is 1.87. The number of carbonyl (C=O) groups is 1. The number of aromatic nitrogens is 2. The van der Waals surface area contributed by atoms with Crippen LogP contribution in [0, 0.1) is 0 Å². The summed E-state index contributed by atoms with van der Waals surface area (Å²) >= 11 is 0. The van der Waals surface area contributed by atoms with Crippen molar-refractivity contribution >= 4 is 16.9 Å². The van der Waals surface area contributed by atoms with E-state index in [0.717, 1.165) is 16.6 Å². The monoisotopic (exact) mass is 246 g/mol. The van der Waals surface area contributed by atoms with Crippen LogP contribution in [0.25, 0.3) is 11.0 Å². The van der Waals surface area contributed by atoms with Gasteiger partial charge in [0.05, 0.1) is 17.4 Å². The van der Waals surface area contributed by atoms with Crippen LogP contribution in [0.2, 0.25) is 0 Å². The highest BCUT2D eigenvalue weighted by Gasteiger charge is 2.09. The molecule has 0 atom stereocenters. The molecule has 1 aromatic carbocycles. The maximum Gasteiger partial charge on any atom is 0.223 e. The van der Waals surface area contributed by atoms with Gasteiger partial charge < -0.3 is 15.2 Å². The molecule has 5 heteroatoms. The molecule has 2 rings (SSSR count). The van der Waals surface area contributed by atoms with E-state index < -0.39 is 0 Å². The number of rotatable bonds is 5. The van der Waals surface area contributed by atoms with E-state index in [9.17, 15) is 4.79 Å². The predicted molar refractivity (Wildman–Crippen MR) is 71.1 cm³/mol. The van der Waals surface area contributed by atoms with Crippen LogP contribution in [-0.4, -0.2) is 41.4 Å². The quantitative estimate of drug-likeness (QED) is 0.831. The first kappa shape index (κ1) is 12.6. The van der Waals surface area contributed by atoms with Crippen molar-refractivity contribution < 1.29 is 4.79 Å². The topological polar surface area (TPSA) is 61.0 Å². The van der Waals surface area contributed by atoms with Crippen LogP contribution in [-0.2, 0) is 11.3 Å². The second-order valence-corrected chi connectivity index (χ2v) is 4.36. The Morgan fingerprint density at radius 2 is 2.33 bits per heavy atom. The molecule has 1 heterocycles. The highest BCUT2D eigenvalue weighted by atomic mass is 16.2. The third-order valence-corrected chi connectivity index (χ3v) is 2.92. The number of hydrogen-bond donors (Lipinski definition) is 2. The smallest absolute Gasteiger partial charge is 0.223 e.